The Balaban J connectivity index is 2.43. The summed E-state index contributed by atoms with van der Waals surface area (Å²) >= 11 is 0. The molecule has 0 amide bonds. The molecule has 1 rings (SSSR count). The third-order valence-corrected chi connectivity index (χ3v) is 2.64. The SMILES string of the molecule is C#CCC1(O)CCC(C)CC1. The highest BCUT2D eigenvalue weighted by molar-refractivity contribution is 4.97. The fraction of sp³-hybridized carbons (Fsp3) is 0.800. The van der Waals surface area contributed by atoms with Crippen LogP contribution in [0.2, 0.25) is 0 Å². The molecular weight excluding hydrogens is 136 g/mol. The van der Waals surface area contributed by atoms with E-state index in [-0.39, 0.29) is 0 Å². The molecule has 1 saturated carbocycles. The predicted molar refractivity (Wildman–Crippen MR) is 46.0 cm³/mol. The minimum atomic E-state index is -0.527. The van der Waals surface area contributed by atoms with Gasteiger partial charge in [0.05, 0.1) is 5.60 Å². The van der Waals surface area contributed by atoms with Crippen molar-refractivity contribution in [2.75, 3.05) is 0 Å². The highest BCUT2D eigenvalue weighted by Crippen LogP contribution is 2.33. The molecule has 62 valence electrons. The van der Waals surface area contributed by atoms with Crippen LogP contribution in [0.25, 0.3) is 0 Å². The molecule has 11 heavy (non-hydrogen) atoms. The van der Waals surface area contributed by atoms with Gasteiger partial charge in [-0.05, 0) is 31.6 Å². The Kier molecular flexibility index (Phi) is 2.57. The first-order valence-corrected chi connectivity index (χ1v) is 4.32. The lowest BCUT2D eigenvalue weighted by molar-refractivity contribution is -0.00241. The first-order chi connectivity index (χ1) is 5.16. The van der Waals surface area contributed by atoms with E-state index in [1.54, 1.807) is 0 Å². The van der Waals surface area contributed by atoms with E-state index in [2.05, 4.69) is 12.8 Å². The third-order valence-electron chi connectivity index (χ3n) is 2.64. The van der Waals surface area contributed by atoms with Gasteiger partial charge in [-0.2, -0.15) is 0 Å². The zero-order valence-corrected chi connectivity index (χ0v) is 7.14. The average Bonchev–Trinajstić information content (AvgIpc) is 1.97. The van der Waals surface area contributed by atoms with E-state index in [1.165, 1.54) is 0 Å². The zero-order valence-electron chi connectivity index (χ0n) is 7.14. The summed E-state index contributed by atoms with van der Waals surface area (Å²) < 4.78 is 0. The van der Waals surface area contributed by atoms with Crippen LogP contribution >= 0.6 is 0 Å². The van der Waals surface area contributed by atoms with Crippen LogP contribution in [0.3, 0.4) is 0 Å². The average molecular weight is 152 g/mol. The first-order valence-electron chi connectivity index (χ1n) is 4.32. The fourth-order valence-electron chi connectivity index (χ4n) is 1.67. The molecule has 0 aromatic heterocycles. The zero-order chi connectivity index (χ0) is 8.32. The molecule has 1 N–H and O–H groups in total. The maximum absolute atomic E-state index is 9.85. The summed E-state index contributed by atoms with van der Waals surface area (Å²) in [4.78, 5) is 0. The van der Waals surface area contributed by atoms with Crippen molar-refractivity contribution >= 4 is 0 Å². The van der Waals surface area contributed by atoms with Crippen LogP contribution < -0.4 is 0 Å². The van der Waals surface area contributed by atoms with Crippen LogP contribution in [-0.2, 0) is 0 Å². The van der Waals surface area contributed by atoms with Gasteiger partial charge in [-0.3, -0.25) is 0 Å². The summed E-state index contributed by atoms with van der Waals surface area (Å²) in [5.41, 5.74) is -0.527. The molecule has 1 aliphatic rings. The Hall–Kier alpha value is -0.480. The quantitative estimate of drug-likeness (QED) is 0.569. The van der Waals surface area contributed by atoms with E-state index in [9.17, 15) is 5.11 Å². The van der Waals surface area contributed by atoms with Crippen molar-refractivity contribution in [1.82, 2.24) is 0 Å². The maximum Gasteiger partial charge on any atom is 0.0756 e. The van der Waals surface area contributed by atoms with Crippen LogP contribution in [0.4, 0.5) is 0 Å². The van der Waals surface area contributed by atoms with Crippen LogP contribution in [0, 0.1) is 18.3 Å². The molecule has 1 aliphatic carbocycles. The second-order valence-electron chi connectivity index (χ2n) is 3.79. The Morgan fingerprint density at radius 2 is 2.09 bits per heavy atom. The van der Waals surface area contributed by atoms with E-state index >= 15 is 0 Å². The fourth-order valence-corrected chi connectivity index (χ4v) is 1.67. The largest absolute Gasteiger partial charge is 0.389 e. The van der Waals surface area contributed by atoms with Gasteiger partial charge in [0.25, 0.3) is 0 Å². The van der Waals surface area contributed by atoms with Crippen molar-refractivity contribution in [3.8, 4) is 12.3 Å². The minimum Gasteiger partial charge on any atom is -0.389 e. The molecule has 1 fully saturated rings. The van der Waals surface area contributed by atoms with Crippen molar-refractivity contribution in [2.45, 2.75) is 44.6 Å². The molecule has 0 aliphatic heterocycles. The summed E-state index contributed by atoms with van der Waals surface area (Å²) in [5, 5.41) is 9.85. The molecule has 0 atom stereocenters. The molecule has 0 saturated heterocycles. The lowest BCUT2D eigenvalue weighted by Crippen LogP contribution is -2.32. The molecule has 0 radical (unpaired) electrons. The van der Waals surface area contributed by atoms with Crippen LogP contribution in [-0.4, -0.2) is 10.7 Å². The smallest absolute Gasteiger partial charge is 0.0756 e. The normalized spacial score (nSPS) is 38.1. The Morgan fingerprint density at radius 3 is 2.55 bits per heavy atom. The van der Waals surface area contributed by atoms with Gasteiger partial charge in [0.1, 0.15) is 0 Å². The third kappa shape index (κ3) is 2.24. The van der Waals surface area contributed by atoms with E-state index in [0.717, 1.165) is 31.6 Å². The van der Waals surface area contributed by atoms with Crippen molar-refractivity contribution in [3.63, 3.8) is 0 Å². The number of rotatable bonds is 1. The molecule has 0 aromatic carbocycles. The molecule has 1 heteroatoms. The number of hydrogen-bond donors (Lipinski definition) is 1. The monoisotopic (exact) mass is 152 g/mol. The Morgan fingerprint density at radius 1 is 1.55 bits per heavy atom. The summed E-state index contributed by atoms with van der Waals surface area (Å²) in [6.45, 7) is 2.23. The molecule has 0 unspecified atom stereocenters. The van der Waals surface area contributed by atoms with E-state index in [0.29, 0.717) is 6.42 Å². The van der Waals surface area contributed by atoms with Gasteiger partial charge in [0.15, 0.2) is 0 Å². The van der Waals surface area contributed by atoms with Gasteiger partial charge >= 0.3 is 0 Å². The van der Waals surface area contributed by atoms with Gasteiger partial charge in [-0.15, -0.1) is 12.3 Å². The first kappa shape index (κ1) is 8.62. The summed E-state index contributed by atoms with van der Waals surface area (Å²) in [7, 11) is 0. The van der Waals surface area contributed by atoms with Gasteiger partial charge in [0.2, 0.25) is 0 Å². The standard InChI is InChI=1S/C10H16O/c1-3-6-10(11)7-4-9(2)5-8-10/h1,9,11H,4-8H2,2H3. The Bertz CT molecular complexity index is 158. The lowest BCUT2D eigenvalue weighted by atomic mass is 9.78. The van der Waals surface area contributed by atoms with Crippen molar-refractivity contribution < 1.29 is 5.11 Å². The van der Waals surface area contributed by atoms with Crippen molar-refractivity contribution in [3.05, 3.63) is 0 Å². The number of terminal acetylenes is 1. The van der Waals surface area contributed by atoms with Crippen LogP contribution in [0.1, 0.15) is 39.0 Å². The second kappa shape index (κ2) is 3.28. The number of hydrogen-bond acceptors (Lipinski definition) is 1. The molecule has 0 bridgehead atoms. The summed E-state index contributed by atoms with van der Waals surface area (Å²) in [5.74, 6) is 3.31. The Labute approximate surface area is 68.8 Å². The summed E-state index contributed by atoms with van der Waals surface area (Å²) in [6.07, 6.45) is 9.72. The molecule has 1 nitrogen and oxygen atoms in total. The molecular formula is C10H16O. The molecule has 0 aromatic rings. The van der Waals surface area contributed by atoms with Crippen molar-refractivity contribution in [1.29, 1.82) is 0 Å². The van der Waals surface area contributed by atoms with E-state index < -0.39 is 5.60 Å². The van der Waals surface area contributed by atoms with Gasteiger partial charge in [0, 0.05) is 6.42 Å². The van der Waals surface area contributed by atoms with E-state index in [4.69, 9.17) is 6.42 Å². The van der Waals surface area contributed by atoms with Crippen molar-refractivity contribution in [2.24, 2.45) is 5.92 Å². The van der Waals surface area contributed by atoms with Crippen LogP contribution in [0.5, 0.6) is 0 Å². The molecule has 0 spiro atoms. The van der Waals surface area contributed by atoms with Crippen LogP contribution in [0.15, 0.2) is 0 Å². The maximum atomic E-state index is 9.85. The minimum absolute atomic E-state index is 0.527. The predicted octanol–water partition coefficient (Wildman–Crippen LogP) is 1.95. The highest BCUT2D eigenvalue weighted by Gasteiger charge is 2.30. The van der Waals surface area contributed by atoms with Gasteiger partial charge in [-0.1, -0.05) is 6.92 Å². The summed E-state index contributed by atoms with van der Waals surface area (Å²) in [6, 6.07) is 0. The highest BCUT2D eigenvalue weighted by atomic mass is 16.3. The topological polar surface area (TPSA) is 20.2 Å². The molecule has 0 heterocycles. The van der Waals surface area contributed by atoms with Gasteiger partial charge in [-0.25, -0.2) is 0 Å². The second-order valence-corrected chi connectivity index (χ2v) is 3.79. The lowest BCUT2D eigenvalue weighted by Gasteiger charge is -2.33. The van der Waals surface area contributed by atoms with E-state index in [1.807, 2.05) is 0 Å². The van der Waals surface area contributed by atoms with Gasteiger partial charge < -0.3 is 5.11 Å². The number of aliphatic hydroxyl groups is 1.